The molecule has 0 radical (unpaired) electrons. The second-order valence-corrected chi connectivity index (χ2v) is 6.95. The number of nitrogens with zero attached hydrogens (tertiary/aromatic N) is 2. The number of rotatable bonds is 8. The summed E-state index contributed by atoms with van der Waals surface area (Å²) in [5.74, 6) is 0.0818. The maximum absolute atomic E-state index is 12.7. The van der Waals surface area contributed by atoms with E-state index in [1.54, 1.807) is 17.4 Å². The van der Waals surface area contributed by atoms with Crippen molar-refractivity contribution in [2.75, 3.05) is 6.54 Å². The zero-order valence-corrected chi connectivity index (χ0v) is 15.0. The highest BCUT2D eigenvalue weighted by atomic mass is 32.1. The number of fused-ring (bicyclic) bond motifs is 1. The van der Waals surface area contributed by atoms with E-state index in [0.29, 0.717) is 30.5 Å². The molecule has 2 heterocycles. The zero-order valence-electron chi connectivity index (χ0n) is 14.2. The lowest BCUT2D eigenvalue weighted by Gasteiger charge is -2.26. The van der Waals surface area contributed by atoms with Crippen LogP contribution in [0.25, 0.3) is 11.1 Å². The standard InChI is InChI=1S/C19H22N2O3S/c1-2-3-12-21(17(22)11-10-14-7-6-13-25-14)19(23)18-20-15-8-4-5-9-16(15)24-18/h4-9,13,19,23H,2-3,10-12H2,1H3. The van der Waals surface area contributed by atoms with Crippen LogP contribution in [-0.2, 0) is 11.2 Å². The molecule has 25 heavy (non-hydrogen) atoms. The number of oxazole rings is 1. The monoisotopic (exact) mass is 358 g/mol. The minimum atomic E-state index is -1.16. The van der Waals surface area contributed by atoms with Gasteiger partial charge in [-0.1, -0.05) is 31.5 Å². The van der Waals surface area contributed by atoms with E-state index in [-0.39, 0.29) is 11.8 Å². The summed E-state index contributed by atoms with van der Waals surface area (Å²) in [5, 5.41) is 12.7. The SMILES string of the molecule is CCCCN(C(=O)CCc1cccs1)C(O)c1nc2ccccc2o1. The van der Waals surface area contributed by atoms with Crippen LogP contribution in [0.2, 0.25) is 0 Å². The topological polar surface area (TPSA) is 66.6 Å². The highest BCUT2D eigenvalue weighted by molar-refractivity contribution is 7.09. The Bertz CT molecular complexity index is 780. The van der Waals surface area contributed by atoms with Crippen molar-refractivity contribution in [1.82, 2.24) is 9.88 Å². The van der Waals surface area contributed by atoms with Crippen molar-refractivity contribution < 1.29 is 14.3 Å². The lowest BCUT2D eigenvalue weighted by Crippen LogP contribution is -2.36. The first-order valence-corrected chi connectivity index (χ1v) is 9.42. The minimum absolute atomic E-state index is 0.0865. The molecule has 1 aromatic carbocycles. The smallest absolute Gasteiger partial charge is 0.246 e. The van der Waals surface area contributed by atoms with Gasteiger partial charge in [0.1, 0.15) is 5.52 Å². The Labute approximate surface area is 150 Å². The molecule has 1 unspecified atom stereocenters. The number of carbonyl (C=O) groups is 1. The van der Waals surface area contributed by atoms with Crippen LogP contribution in [-0.4, -0.2) is 27.4 Å². The largest absolute Gasteiger partial charge is 0.436 e. The molecule has 0 saturated heterocycles. The molecule has 0 bridgehead atoms. The number of aromatic nitrogens is 1. The molecule has 3 rings (SSSR count). The van der Waals surface area contributed by atoms with Crippen LogP contribution in [0, 0.1) is 0 Å². The molecule has 1 N–H and O–H groups in total. The molecule has 5 nitrogen and oxygen atoms in total. The Morgan fingerprint density at radius 1 is 1.32 bits per heavy atom. The van der Waals surface area contributed by atoms with Crippen molar-refractivity contribution in [3.05, 3.63) is 52.5 Å². The molecule has 0 spiro atoms. The van der Waals surface area contributed by atoms with Crippen LogP contribution in [0.3, 0.4) is 0 Å². The van der Waals surface area contributed by atoms with Crippen LogP contribution in [0.15, 0.2) is 46.2 Å². The Balaban J connectivity index is 1.74. The van der Waals surface area contributed by atoms with E-state index in [0.717, 1.165) is 12.8 Å². The van der Waals surface area contributed by atoms with Gasteiger partial charge in [0, 0.05) is 17.8 Å². The lowest BCUT2D eigenvalue weighted by atomic mass is 10.2. The molecule has 0 aliphatic carbocycles. The highest BCUT2D eigenvalue weighted by Gasteiger charge is 2.26. The van der Waals surface area contributed by atoms with Gasteiger partial charge in [-0.15, -0.1) is 11.3 Å². The predicted molar refractivity (Wildman–Crippen MR) is 98.2 cm³/mol. The van der Waals surface area contributed by atoms with Crippen LogP contribution in [0.4, 0.5) is 0 Å². The third kappa shape index (κ3) is 4.27. The number of carbonyl (C=O) groups excluding carboxylic acids is 1. The summed E-state index contributed by atoms with van der Waals surface area (Å²) < 4.78 is 5.64. The Hall–Kier alpha value is -2.18. The van der Waals surface area contributed by atoms with Crippen LogP contribution < -0.4 is 0 Å². The van der Waals surface area contributed by atoms with Gasteiger partial charge >= 0.3 is 0 Å². The van der Waals surface area contributed by atoms with E-state index in [9.17, 15) is 9.90 Å². The van der Waals surface area contributed by atoms with Gasteiger partial charge < -0.3 is 14.4 Å². The van der Waals surface area contributed by atoms with Crippen molar-refractivity contribution in [2.24, 2.45) is 0 Å². The fraction of sp³-hybridized carbons (Fsp3) is 0.368. The molecule has 6 heteroatoms. The summed E-state index contributed by atoms with van der Waals surface area (Å²) in [5.41, 5.74) is 1.29. The van der Waals surface area contributed by atoms with E-state index >= 15 is 0 Å². The summed E-state index contributed by atoms with van der Waals surface area (Å²) in [6.45, 7) is 2.54. The maximum atomic E-state index is 12.7. The predicted octanol–water partition coefficient (Wildman–Crippen LogP) is 4.14. The van der Waals surface area contributed by atoms with Crippen LogP contribution in [0.5, 0.6) is 0 Å². The molecule has 2 aromatic heterocycles. The van der Waals surface area contributed by atoms with Gasteiger partial charge in [0.25, 0.3) is 0 Å². The average Bonchev–Trinajstić information content (AvgIpc) is 3.29. The molecule has 1 atom stereocenters. The number of unbranched alkanes of at least 4 members (excludes halogenated alkanes) is 1. The van der Waals surface area contributed by atoms with Crippen LogP contribution >= 0.6 is 11.3 Å². The summed E-state index contributed by atoms with van der Waals surface area (Å²) in [4.78, 5) is 19.6. The van der Waals surface area contributed by atoms with E-state index in [4.69, 9.17) is 4.42 Å². The van der Waals surface area contributed by atoms with Gasteiger partial charge in [0.2, 0.25) is 18.0 Å². The zero-order chi connectivity index (χ0) is 17.6. The molecular weight excluding hydrogens is 336 g/mol. The van der Waals surface area contributed by atoms with Gasteiger partial charge in [0.15, 0.2) is 5.58 Å². The van der Waals surface area contributed by atoms with E-state index < -0.39 is 6.23 Å². The Morgan fingerprint density at radius 2 is 2.16 bits per heavy atom. The Morgan fingerprint density at radius 3 is 2.88 bits per heavy atom. The van der Waals surface area contributed by atoms with Crippen LogP contribution in [0.1, 0.15) is 43.2 Å². The summed E-state index contributed by atoms with van der Waals surface area (Å²) in [6.07, 6.45) is 1.65. The molecule has 1 amide bonds. The normalized spacial score (nSPS) is 12.4. The summed E-state index contributed by atoms with van der Waals surface area (Å²) in [6, 6.07) is 11.3. The molecule has 0 fully saturated rings. The molecule has 132 valence electrons. The molecule has 0 aliphatic heterocycles. The number of amides is 1. The first-order valence-electron chi connectivity index (χ1n) is 8.54. The number of aryl methyl sites for hydroxylation is 1. The number of benzene rings is 1. The van der Waals surface area contributed by atoms with Gasteiger partial charge in [0.05, 0.1) is 0 Å². The molecule has 3 aromatic rings. The summed E-state index contributed by atoms with van der Waals surface area (Å²) in [7, 11) is 0. The third-order valence-electron chi connectivity index (χ3n) is 4.06. The van der Waals surface area contributed by atoms with Gasteiger partial charge in [-0.2, -0.15) is 0 Å². The maximum Gasteiger partial charge on any atom is 0.246 e. The fourth-order valence-electron chi connectivity index (χ4n) is 2.67. The van der Waals surface area contributed by atoms with Gasteiger partial charge in [-0.25, -0.2) is 4.98 Å². The number of aliphatic hydroxyl groups excluding tert-OH is 1. The average molecular weight is 358 g/mol. The molecule has 0 saturated carbocycles. The molecule has 0 aliphatic rings. The van der Waals surface area contributed by atoms with Gasteiger partial charge in [-0.3, -0.25) is 4.79 Å². The second kappa shape index (κ2) is 8.27. The lowest BCUT2D eigenvalue weighted by molar-refractivity contribution is -0.143. The number of hydrogen-bond donors (Lipinski definition) is 1. The van der Waals surface area contributed by atoms with Crippen molar-refractivity contribution in [1.29, 1.82) is 0 Å². The summed E-state index contributed by atoms with van der Waals surface area (Å²) >= 11 is 1.64. The molecular formula is C19H22N2O3S. The fourth-order valence-corrected chi connectivity index (χ4v) is 3.38. The number of thiophene rings is 1. The van der Waals surface area contributed by atoms with Crippen molar-refractivity contribution >= 4 is 28.3 Å². The number of hydrogen-bond acceptors (Lipinski definition) is 5. The highest BCUT2D eigenvalue weighted by Crippen LogP contribution is 2.24. The van der Waals surface area contributed by atoms with Crippen molar-refractivity contribution in [2.45, 2.75) is 38.8 Å². The first kappa shape index (κ1) is 17.6. The number of para-hydroxylation sites is 2. The number of aliphatic hydroxyl groups is 1. The second-order valence-electron chi connectivity index (χ2n) is 5.91. The quantitative estimate of drug-likeness (QED) is 0.615. The Kier molecular flexibility index (Phi) is 5.83. The van der Waals surface area contributed by atoms with Crippen molar-refractivity contribution in [3.8, 4) is 0 Å². The first-order chi connectivity index (χ1) is 12.2. The van der Waals surface area contributed by atoms with Crippen molar-refractivity contribution in [3.63, 3.8) is 0 Å². The minimum Gasteiger partial charge on any atom is -0.436 e. The van der Waals surface area contributed by atoms with Gasteiger partial charge in [-0.05, 0) is 36.4 Å². The van der Waals surface area contributed by atoms with E-state index in [1.165, 1.54) is 9.78 Å². The van der Waals surface area contributed by atoms with E-state index in [2.05, 4.69) is 11.9 Å². The third-order valence-corrected chi connectivity index (χ3v) is 5.00. The van der Waals surface area contributed by atoms with E-state index in [1.807, 2.05) is 35.7 Å².